The fraction of sp³-hybridized carbons (Fsp3) is 0.450. The van der Waals surface area contributed by atoms with Crippen LogP contribution in [0.5, 0.6) is 0 Å². The Morgan fingerprint density at radius 1 is 0.727 bits per heavy atom. The maximum Gasteiger partial charge on any atom is 0.328 e. The van der Waals surface area contributed by atoms with E-state index in [9.17, 15) is 4.79 Å². The summed E-state index contributed by atoms with van der Waals surface area (Å²) in [5, 5.41) is 8.38. The summed E-state index contributed by atoms with van der Waals surface area (Å²) in [6.07, 6.45) is 28.8. The van der Waals surface area contributed by atoms with Gasteiger partial charge in [0.1, 0.15) is 0 Å². The van der Waals surface area contributed by atoms with Crippen molar-refractivity contribution in [2.75, 3.05) is 0 Å². The molecule has 0 spiro atoms. The minimum atomic E-state index is -0.931. The molecule has 0 aliphatic carbocycles. The summed E-state index contributed by atoms with van der Waals surface area (Å²) in [4.78, 5) is 10.2. The highest BCUT2D eigenvalue weighted by Gasteiger charge is 1.88. The minimum absolute atomic E-state index is 0.931. The van der Waals surface area contributed by atoms with Crippen molar-refractivity contribution in [2.24, 2.45) is 0 Å². The summed E-state index contributed by atoms with van der Waals surface area (Å²) < 4.78 is 0. The van der Waals surface area contributed by atoms with Crippen molar-refractivity contribution in [1.29, 1.82) is 0 Å². The SMILES string of the molecule is CCCCCCCCC/C=C/C=C/C=C/C=C/C=C/C(=O)O. The van der Waals surface area contributed by atoms with Crippen molar-refractivity contribution >= 4 is 5.97 Å². The molecule has 1 N–H and O–H groups in total. The zero-order chi connectivity index (χ0) is 16.3. The molecule has 0 unspecified atom stereocenters. The first-order chi connectivity index (χ1) is 10.8. The quantitative estimate of drug-likeness (QED) is 0.258. The van der Waals surface area contributed by atoms with Gasteiger partial charge < -0.3 is 5.11 Å². The number of carbonyl (C=O) groups is 1. The standard InChI is InChI=1S/C20H30O2/c1-2-3-4-5-6-7-8-9-10-11-12-13-14-15-16-17-18-19-20(21)22/h10-19H,2-9H2,1H3,(H,21,22)/b11-10+,13-12+,15-14+,17-16+,19-18+. The van der Waals surface area contributed by atoms with E-state index in [1.807, 2.05) is 24.3 Å². The van der Waals surface area contributed by atoms with Crippen LogP contribution in [-0.4, -0.2) is 11.1 Å². The Bertz CT molecular complexity index is 398. The van der Waals surface area contributed by atoms with Crippen molar-refractivity contribution in [3.05, 3.63) is 60.8 Å². The third-order valence-electron chi connectivity index (χ3n) is 3.13. The molecule has 0 aromatic carbocycles. The molecule has 0 bridgehead atoms. The molecule has 0 aromatic heterocycles. The highest BCUT2D eigenvalue weighted by molar-refractivity contribution is 5.80. The maximum atomic E-state index is 10.2. The molecule has 0 amide bonds. The second-order valence-electron chi connectivity index (χ2n) is 5.19. The zero-order valence-corrected chi connectivity index (χ0v) is 13.8. The summed E-state index contributed by atoms with van der Waals surface area (Å²) in [7, 11) is 0. The number of allylic oxidation sites excluding steroid dienone is 9. The number of carboxylic acid groups (broad SMARTS) is 1. The normalized spacial score (nSPS) is 12.8. The lowest BCUT2D eigenvalue weighted by Gasteiger charge is -1.98. The number of hydrogen-bond donors (Lipinski definition) is 1. The molecule has 2 nitrogen and oxygen atoms in total. The van der Waals surface area contributed by atoms with Crippen LogP contribution in [0.4, 0.5) is 0 Å². The molecule has 22 heavy (non-hydrogen) atoms. The lowest BCUT2D eigenvalue weighted by Crippen LogP contribution is -1.84. The predicted octanol–water partition coefficient (Wildman–Crippen LogP) is 5.99. The van der Waals surface area contributed by atoms with Gasteiger partial charge in [-0.15, -0.1) is 0 Å². The summed E-state index contributed by atoms with van der Waals surface area (Å²) in [5.41, 5.74) is 0. The molecule has 0 aliphatic heterocycles. The van der Waals surface area contributed by atoms with Crippen LogP contribution in [0.3, 0.4) is 0 Å². The summed E-state index contributed by atoms with van der Waals surface area (Å²) >= 11 is 0. The number of aliphatic carboxylic acids is 1. The van der Waals surface area contributed by atoms with Crippen LogP contribution in [0.15, 0.2) is 60.8 Å². The molecule has 122 valence electrons. The fourth-order valence-electron chi connectivity index (χ4n) is 1.92. The highest BCUT2D eigenvalue weighted by Crippen LogP contribution is 2.08. The monoisotopic (exact) mass is 302 g/mol. The number of unbranched alkanes of at least 4 members (excludes halogenated alkanes) is 7. The van der Waals surface area contributed by atoms with Gasteiger partial charge in [-0.2, -0.15) is 0 Å². The Hall–Kier alpha value is -1.83. The second kappa shape index (κ2) is 17.2. The van der Waals surface area contributed by atoms with Gasteiger partial charge in [0, 0.05) is 6.08 Å². The molecule has 0 fully saturated rings. The Balaban J connectivity index is 3.50. The molecule has 0 saturated heterocycles. The van der Waals surface area contributed by atoms with Gasteiger partial charge >= 0.3 is 5.97 Å². The largest absolute Gasteiger partial charge is 0.478 e. The third-order valence-corrected chi connectivity index (χ3v) is 3.13. The summed E-state index contributed by atoms with van der Waals surface area (Å²) in [6, 6.07) is 0. The molecular formula is C20H30O2. The lowest BCUT2D eigenvalue weighted by atomic mass is 10.1. The van der Waals surface area contributed by atoms with Crippen molar-refractivity contribution in [3.63, 3.8) is 0 Å². The molecule has 0 aliphatic rings. The van der Waals surface area contributed by atoms with Crippen LogP contribution >= 0.6 is 0 Å². The van der Waals surface area contributed by atoms with E-state index in [-0.39, 0.29) is 0 Å². The van der Waals surface area contributed by atoms with E-state index < -0.39 is 5.97 Å². The smallest absolute Gasteiger partial charge is 0.328 e. The van der Waals surface area contributed by atoms with E-state index in [1.54, 1.807) is 12.2 Å². The first-order valence-corrected chi connectivity index (χ1v) is 8.33. The average Bonchev–Trinajstić information content (AvgIpc) is 2.50. The van der Waals surface area contributed by atoms with Crippen molar-refractivity contribution < 1.29 is 9.90 Å². The van der Waals surface area contributed by atoms with Crippen LogP contribution in [0, 0.1) is 0 Å². The Morgan fingerprint density at radius 3 is 1.82 bits per heavy atom. The van der Waals surface area contributed by atoms with Crippen LogP contribution in [0.2, 0.25) is 0 Å². The van der Waals surface area contributed by atoms with Crippen LogP contribution < -0.4 is 0 Å². The van der Waals surface area contributed by atoms with Gasteiger partial charge in [0.05, 0.1) is 0 Å². The average molecular weight is 302 g/mol. The Kier molecular flexibility index (Phi) is 15.8. The van der Waals surface area contributed by atoms with Crippen LogP contribution in [-0.2, 0) is 4.79 Å². The van der Waals surface area contributed by atoms with E-state index in [0.29, 0.717) is 0 Å². The molecule has 0 heterocycles. The van der Waals surface area contributed by atoms with Crippen molar-refractivity contribution in [3.8, 4) is 0 Å². The maximum absolute atomic E-state index is 10.2. The van der Waals surface area contributed by atoms with E-state index >= 15 is 0 Å². The molecule has 0 aromatic rings. The first kappa shape index (κ1) is 20.2. The van der Waals surface area contributed by atoms with E-state index in [4.69, 9.17) is 5.11 Å². The van der Waals surface area contributed by atoms with Crippen molar-refractivity contribution in [1.82, 2.24) is 0 Å². The second-order valence-corrected chi connectivity index (χ2v) is 5.19. The number of rotatable bonds is 13. The van der Waals surface area contributed by atoms with Gasteiger partial charge in [0.15, 0.2) is 0 Å². The first-order valence-electron chi connectivity index (χ1n) is 8.33. The molecule has 0 rings (SSSR count). The summed E-state index contributed by atoms with van der Waals surface area (Å²) in [5.74, 6) is -0.931. The van der Waals surface area contributed by atoms with Gasteiger partial charge in [-0.05, 0) is 12.8 Å². The molecule has 0 radical (unpaired) electrons. The van der Waals surface area contributed by atoms with Crippen LogP contribution in [0.25, 0.3) is 0 Å². The molecule has 0 atom stereocenters. The molecule has 2 heteroatoms. The van der Waals surface area contributed by atoms with Crippen molar-refractivity contribution in [2.45, 2.75) is 58.3 Å². The number of hydrogen-bond acceptors (Lipinski definition) is 1. The van der Waals surface area contributed by atoms with Crippen LogP contribution in [0.1, 0.15) is 58.3 Å². The zero-order valence-electron chi connectivity index (χ0n) is 13.8. The van der Waals surface area contributed by atoms with Gasteiger partial charge in [-0.3, -0.25) is 0 Å². The fourth-order valence-corrected chi connectivity index (χ4v) is 1.92. The third kappa shape index (κ3) is 18.2. The van der Waals surface area contributed by atoms with E-state index in [2.05, 4.69) is 19.1 Å². The van der Waals surface area contributed by atoms with Gasteiger partial charge in [-0.1, -0.05) is 100 Å². The summed E-state index contributed by atoms with van der Waals surface area (Å²) in [6.45, 7) is 2.25. The molecular weight excluding hydrogens is 272 g/mol. The van der Waals surface area contributed by atoms with E-state index in [1.165, 1.54) is 51.0 Å². The van der Waals surface area contributed by atoms with Gasteiger partial charge in [0.2, 0.25) is 0 Å². The Labute approximate surface area is 135 Å². The van der Waals surface area contributed by atoms with Gasteiger partial charge in [-0.25, -0.2) is 4.79 Å². The number of carboxylic acids is 1. The lowest BCUT2D eigenvalue weighted by molar-refractivity contribution is -0.131. The van der Waals surface area contributed by atoms with Gasteiger partial charge in [0.25, 0.3) is 0 Å². The Morgan fingerprint density at radius 2 is 1.23 bits per heavy atom. The highest BCUT2D eigenvalue weighted by atomic mass is 16.4. The van der Waals surface area contributed by atoms with E-state index in [0.717, 1.165) is 12.5 Å². The predicted molar refractivity (Wildman–Crippen MR) is 95.9 cm³/mol. The molecule has 0 saturated carbocycles. The minimum Gasteiger partial charge on any atom is -0.478 e. The topological polar surface area (TPSA) is 37.3 Å².